The number of hydrogen-bond donors (Lipinski definition) is 9. The molecule has 1 rings (SSSR count). The van der Waals surface area contributed by atoms with E-state index in [1.54, 1.807) is 12.1 Å². The number of carbonyl (C=O) groups is 5. The van der Waals surface area contributed by atoms with Gasteiger partial charge in [-0.1, -0.05) is 12.1 Å². The lowest BCUT2D eigenvalue weighted by Gasteiger charge is -2.25. The highest BCUT2D eigenvalue weighted by atomic mass is 16.4. The molecular weight excluding hydrogens is 454 g/mol. The zero-order valence-corrected chi connectivity index (χ0v) is 18.3. The number of carbonyl (C=O) groups excluding carboxylic acids is 4. The van der Waals surface area contributed by atoms with Crippen molar-refractivity contribution in [2.24, 2.45) is 11.5 Å². The SMILES string of the molecule is CC(O)C(NC(=O)C(CO)NC(=O)C(N)Cc1ccc(O)cc1)C(=O)NC(CC(N)=O)C(=O)O. The van der Waals surface area contributed by atoms with Crippen LogP contribution in [0, 0.1) is 0 Å². The largest absolute Gasteiger partial charge is 0.508 e. The van der Waals surface area contributed by atoms with E-state index in [0.717, 1.165) is 6.92 Å². The second-order valence-electron chi connectivity index (χ2n) is 7.52. The van der Waals surface area contributed by atoms with Crippen LogP contribution in [-0.2, 0) is 30.4 Å². The lowest BCUT2D eigenvalue weighted by Crippen LogP contribution is -2.60. The molecule has 0 bridgehead atoms. The third-order valence-corrected chi connectivity index (χ3v) is 4.63. The molecule has 11 N–H and O–H groups in total. The van der Waals surface area contributed by atoms with Crippen LogP contribution in [0.4, 0.5) is 0 Å². The van der Waals surface area contributed by atoms with Crippen molar-refractivity contribution >= 4 is 29.6 Å². The van der Waals surface area contributed by atoms with Crippen molar-refractivity contribution in [1.29, 1.82) is 0 Å². The lowest BCUT2D eigenvalue weighted by atomic mass is 10.1. The highest BCUT2D eigenvalue weighted by Gasteiger charge is 2.33. The predicted molar refractivity (Wildman–Crippen MR) is 116 cm³/mol. The zero-order chi connectivity index (χ0) is 26.0. The van der Waals surface area contributed by atoms with Crippen LogP contribution < -0.4 is 27.4 Å². The molecule has 5 unspecified atom stereocenters. The number of aliphatic hydroxyl groups is 2. The van der Waals surface area contributed by atoms with Crippen LogP contribution in [0.1, 0.15) is 18.9 Å². The second kappa shape index (κ2) is 13.1. The molecule has 0 aromatic heterocycles. The number of carboxylic acids is 1. The highest BCUT2D eigenvalue weighted by Crippen LogP contribution is 2.11. The number of nitrogens with one attached hydrogen (secondary N) is 3. The molecule has 34 heavy (non-hydrogen) atoms. The Morgan fingerprint density at radius 3 is 1.97 bits per heavy atom. The summed E-state index contributed by atoms with van der Waals surface area (Å²) in [5, 5.41) is 44.1. The van der Waals surface area contributed by atoms with Crippen molar-refractivity contribution in [2.45, 2.75) is 50.0 Å². The number of aromatic hydroxyl groups is 1. The molecule has 0 heterocycles. The van der Waals surface area contributed by atoms with Gasteiger partial charge in [-0.25, -0.2) is 4.79 Å². The van der Waals surface area contributed by atoms with E-state index in [4.69, 9.17) is 16.6 Å². The number of primary amides is 1. The van der Waals surface area contributed by atoms with Gasteiger partial charge in [0.05, 0.1) is 25.2 Å². The summed E-state index contributed by atoms with van der Waals surface area (Å²) in [5.74, 6) is -5.53. The lowest BCUT2D eigenvalue weighted by molar-refractivity contribution is -0.144. The van der Waals surface area contributed by atoms with Gasteiger partial charge in [-0.3, -0.25) is 19.2 Å². The van der Waals surface area contributed by atoms with Gasteiger partial charge in [0.15, 0.2) is 0 Å². The number of phenols is 1. The Labute approximate surface area is 194 Å². The maximum atomic E-state index is 12.5. The molecule has 0 fully saturated rings. The van der Waals surface area contributed by atoms with Gasteiger partial charge >= 0.3 is 5.97 Å². The van der Waals surface area contributed by atoms with Gasteiger partial charge in [0, 0.05) is 0 Å². The Bertz CT molecular complexity index is 891. The normalized spacial score (nSPS) is 15.2. The average molecular weight is 483 g/mol. The van der Waals surface area contributed by atoms with Gasteiger partial charge in [0.1, 0.15) is 23.9 Å². The first-order valence-corrected chi connectivity index (χ1v) is 10.1. The number of rotatable bonds is 13. The van der Waals surface area contributed by atoms with E-state index in [9.17, 15) is 39.3 Å². The number of aliphatic hydroxyl groups excluding tert-OH is 2. The van der Waals surface area contributed by atoms with Gasteiger partial charge in [0.2, 0.25) is 23.6 Å². The number of carboxylic acid groups (broad SMARTS) is 1. The minimum atomic E-state index is -1.70. The van der Waals surface area contributed by atoms with Gasteiger partial charge in [-0.2, -0.15) is 0 Å². The first kappa shape index (κ1) is 28.3. The first-order valence-electron chi connectivity index (χ1n) is 10.1. The van der Waals surface area contributed by atoms with Crippen molar-refractivity contribution < 1.29 is 44.4 Å². The van der Waals surface area contributed by atoms with Crippen molar-refractivity contribution in [3.05, 3.63) is 29.8 Å². The molecular formula is C20H29N5O9. The monoisotopic (exact) mass is 483 g/mol. The molecule has 0 radical (unpaired) electrons. The summed E-state index contributed by atoms with van der Waals surface area (Å²) in [5.41, 5.74) is 11.4. The van der Waals surface area contributed by atoms with Gasteiger partial charge in [0.25, 0.3) is 0 Å². The third-order valence-electron chi connectivity index (χ3n) is 4.63. The van der Waals surface area contributed by atoms with Crippen LogP contribution in [0.5, 0.6) is 5.75 Å². The van der Waals surface area contributed by atoms with E-state index in [0.29, 0.717) is 5.56 Å². The summed E-state index contributed by atoms with van der Waals surface area (Å²) in [6.07, 6.45) is -2.18. The molecule has 1 aromatic rings. The molecule has 14 heteroatoms. The number of benzene rings is 1. The number of aliphatic carboxylic acids is 1. The Morgan fingerprint density at radius 1 is 0.941 bits per heavy atom. The Morgan fingerprint density at radius 2 is 1.50 bits per heavy atom. The second-order valence-corrected chi connectivity index (χ2v) is 7.52. The van der Waals surface area contributed by atoms with Crippen molar-refractivity contribution in [3.63, 3.8) is 0 Å². The van der Waals surface area contributed by atoms with E-state index in [1.807, 2.05) is 5.32 Å². The molecule has 0 aliphatic carbocycles. The fraction of sp³-hybridized carbons (Fsp3) is 0.450. The molecule has 0 aliphatic rings. The summed E-state index contributed by atoms with van der Waals surface area (Å²) in [7, 11) is 0. The van der Waals surface area contributed by atoms with E-state index >= 15 is 0 Å². The van der Waals surface area contributed by atoms with E-state index in [-0.39, 0.29) is 12.2 Å². The topological polar surface area (TPSA) is 254 Å². The molecule has 4 amide bonds. The Balaban J connectivity index is 2.80. The Hall–Kier alpha value is -3.75. The summed E-state index contributed by atoms with van der Waals surface area (Å²) in [6.45, 7) is 0.256. The fourth-order valence-electron chi connectivity index (χ4n) is 2.77. The highest BCUT2D eigenvalue weighted by molar-refractivity contribution is 5.95. The molecule has 0 saturated heterocycles. The van der Waals surface area contributed by atoms with Crippen molar-refractivity contribution in [1.82, 2.24) is 16.0 Å². The number of nitrogens with two attached hydrogens (primary N) is 2. The molecule has 5 atom stereocenters. The molecule has 0 aliphatic heterocycles. The van der Waals surface area contributed by atoms with Crippen LogP contribution in [0.25, 0.3) is 0 Å². The number of amides is 4. The first-order chi connectivity index (χ1) is 15.8. The molecule has 14 nitrogen and oxygen atoms in total. The molecule has 0 spiro atoms. The quantitative estimate of drug-likeness (QED) is 0.131. The maximum Gasteiger partial charge on any atom is 0.326 e. The van der Waals surface area contributed by atoms with E-state index in [2.05, 4.69) is 10.6 Å². The van der Waals surface area contributed by atoms with E-state index in [1.165, 1.54) is 12.1 Å². The van der Waals surface area contributed by atoms with Crippen molar-refractivity contribution in [3.8, 4) is 5.75 Å². The predicted octanol–water partition coefficient (Wildman–Crippen LogP) is -3.95. The summed E-state index contributed by atoms with van der Waals surface area (Å²) >= 11 is 0. The zero-order valence-electron chi connectivity index (χ0n) is 18.3. The van der Waals surface area contributed by atoms with Crippen LogP contribution in [0.15, 0.2) is 24.3 Å². The number of hydrogen-bond acceptors (Lipinski definition) is 9. The van der Waals surface area contributed by atoms with Gasteiger partial charge < -0.3 is 47.8 Å². The summed E-state index contributed by atoms with van der Waals surface area (Å²) in [6, 6.07) is -0.137. The van der Waals surface area contributed by atoms with Crippen LogP contribution >= 0.6 is 0 Å². The average Bonchev–Trinajstić information content (AvgIpc) is 2.75. The van der Waals surface area contributed by atoms with Crippen molar-refractivity contribution in [2.75, 3.05) is 6.61 Å². The Kier molecular flexibility index (Phi) is 10.9. The van der Waals surface area contributed by atoms with E-state index < -0.39 is 72.9 Å². The minimum absolute atomic E-state index is 0.0276. The van der Waals surface area contributed by atoms with Gasteiger partial charge in [-0.15, -0.1) is 0 Å². The van der Waals surface area contributed by atoms with Crippen LogP contribution in [0.2, 0.25) is 0 Å². The maximum absolute atomic E-state index is 12.5. The smallest absolute Gasteiger partial charge is 0.326 e. The molecule has 1 aromatic carbocycles. The van der Waals surface area contributed by atoms with Crippen LogP contribution in [-0.4, -0.2) is 86.9 Å². The fourth-order valence-corrected chi connectivity index (χ4v) is 2.77. The third kappa shape index (κ3) is 9.01. The summed E-state index contributed by atoms with van der Waals surface area (Å²) < 4.78 is 0. The molecule has 188 valence electrons. The summed E-state index contributed by atoms with van der Waals surface area (Å²) in [4.78, 5) is 59.4. The van der Waals surface area contributed by atoms with Crippen LogP contribution in [0.3, 0.4) is 0 Å². The number of phenolic OH excluding ortho intramolecular Hbond substituents is 1. The van der Waals surface area contributed by atoms with Gasteiger partial charge in [-0.05, 0) is 31.0 Å². The standard InChI is InChI=1S/C20H29N5O9/c1-9(27)16(19(32)23-13(20(33)34)7-15(22)29)25-18(31)14(8-26)24-17(30)12(21)6-10-2-4-11(28)5-3-10/h2-5,9,12-14,16,26-28H,6-8,21H2,1H3,(H2,22,29)(H,23,32)(H,24,30)(H,25,31)(H,33,34). The molecule has 0 saturated carbocycles. The minimum Gasteiger partial charge on any atom is -0.508 e.